The molecule has 0 radical (unpaired) electrons. The molecule has 7 heteroatoms. The lowest BCUT2D eigenvalue weighted by atomic mass is 9.98. The van der Waals surface area contributed by atoms with E-state index < -0.39 is 10.0 Å². The first-order valence-electron chi connectivity index (χ1n) is 8.94. The van der Waals surface area contributed by atoms with Crippen LogP contribution in [0.1, 0.15) is 24.0 Å². The van der Waals surface area contributed by atoms with Crippen LogP contribution in [0.15, 0.2) is 48.5 Å². The molecule has 0 spiro atoms. The van der Waals surface area contributed by atoms with Gasteiger partial charge in [0.05, 0.1) is 11.7 Å². The van der Waals surface area contributed by atoms with Crippen LogP contribution in [-0.2, 0) is 20.6 Å². The summed E-state index contributed by atoms with van der Waals surface area (Å²) < 4.78 is 27.0. The Balaban J connectivity index is 1.66. The minimum absolute atomic E-state index is 0.0870. The minimum Gasteiger partial charge on any atom is -0.326 e. The molecule has 1 aliphatic rings. The molecule has 1 saturated heterocycles. The quantitative estimate of drug-likeness (QED) is 0.820. The van der Waals surface area contributed by atoms with E-state index in [-0.39, 0.29) is 24.1 Å². The molecule has 0 aromatic heterocycles. The fourth-order valence-electron chi connectivity index (χ4n) is 3.24. The number of sulfonamides is 1. The van der Waals surface area contributed by atoms with Gasteiger partial charge in [-0.3, -0.25) is 4.79 Å². The smallest absolute Gasteiger partial charge is 0.228 e. The zero-order valence-electron chi connectivity index (χ0n) is 15.2. The third kappa shape index (κ3) is 5.09. The number of nitrogens with one attached hydrogen (secondary N) is 1. The summed E-state index contributed by atoms with van der Waals surface area (Å²) in [4.78, 5) is 12.6. The lowest BCUT2D eigenvalue weighted by molar-refractivity contribution is -0.120. The SMILES string of the molecule is Cc1ccccc1NC(=O)[C@@H]1CCCN(S(=O)(=O)Cc2ccc(Cl)cc2)C1. The van der Waals surface area contributed by atoms with E-state index in [0.717, 1.165) is 11.3 Å². The van der Waals surface area contributed by atoms with Crippen molar-refractivity contribution in [1.82, 2.24) is 4.31 Å². The first kappa shape index (κ1) is 19.9. The largest absolute Gasteiger partial charge is 0.326 e. The summed E-state index contributed by atoms with van der Waals surface area (Å²) in [5, 5.41) is 3.50. The first-order valence-corrected chi connectivity index (χ1v) is 10.9. The predicted molar refractivity (Wildman–Crippen MR) is 108 cm³/mol. The van der Waals surface area contributed by atoms with Crippen molar-refractivity contribution in [3.63, 3.8) is 0 Å². The van der Waals surface area contributed by atoms with Gasteiger partial charge < -0.3 is 5.32 Å². The monoisotopic (exact) mass is 406 g/mol. The van der Waals surface area contributed by atoms with Gasteiger partial charge >= 0.3 is 0 Å². The van der Waals surface area contributed by atoms with E-state index in [1.165, 1.54) is 4.31 Å². The Morgan fingerprint density at radius 3 is 2.59 bits per heavy atom. The van der Waals surface area contributed by atoms with E-state index in [4.69, 9.17) is 11.6 Å². The van der Waals surface area contributed by atoms with Gasteiger partial charge in [-0.05, 0) is 49.1 Å². The van der Waals surface area contributed by atoms with Gasteiger partial charge in [0.2, 0.25) is 15.9 Å². The molecular weight excluding hydrogens is 384 g/mol. The lowest BCUT2D eigenvalue weighted by Gasteiger charge is -2.31. The highest BCUT2D eigenvalue weighted by Crippen LogP contribution is 2.24. The fourth-order valence-corrected chi connectivity index (χ4v) is 4.98. The number of hydrogen-bond donors (Lipinski definition) is 1. The molecule has 1 fully saturated rings. The average molecular weight is 407 g/mol. The molecule has 1 aliphatic heterocycles. The maximum absolute atomic E-state index is 12.8. The van der Waals surface area contributed by atoms with Gasteiger partial charge in [0.1, 0.15) is 0 Å². The Morgan fingerprint density at radius 1 is 1.19 bits per heavy atom. The van der Waals surface area contributed by atoms with E-state index in [9.17, 15) is 13.2 Å². The van der Waals surface area contributed by atoms with Crippen molar-refractivity contribution in [3.05, 3.63) is 64.7 Å². The Kier molecular flexibility index (Phi) is 6.19. The normalized spacial score (nSPS) is 18.2. The highest BCUT2D eigenvalue weighted by Gasteiger charge is 2.32. The van der Waals surface area contributed by atoms with Crippen LogP contribution in [0.25, 0.3) is 0 Å². The van der Waals surface area contributed by atoms with E-state index in [0.29, 0.717) is 30.0 Å². The molecular formula is C20H23ClN2O3S. The van der Waals surface area contributed by atoms with Crippen molar-refractivity contribution in [2.24, 2.45) is 5.92 Å². The zero-order valence-corrected chi connectivity index (χ0v) is 16.8. The van der Waals surface area contributed by atoms with Crippen LogP contribution in [0.5, 0.6) is 0 Å². The molecule has 27 heavy (non-hydrogen) atoms. The van der Waals surface area contributed by atoms with E-state index in [2.05, 4.69) is 5.32 Å². The molecule has 144 valence electrons. The Hall–Kier alpha value is -1.89. The van der Waals surface area contributed by atoms with E-state index in [1.807, 2.05) is 31.2 Å². The minimum atomic E-state index is -3.49. The molecule has 0 aliphatic carbocycles. The maximum Gasteiger partial charge on any atom is 0.228 e. The van der Waals surface area contributed by atoms with Crippen molar-refractivity contribution in [1.29, 1.82) is 0 Å². The first-order chi connectivity index (χ1) is 12.8. The van der Waals surface area contributed by atoms with Crippen LogP contribution in [-0.4, -0.2) is 31.7 Å². The number of aryl methyl sites for hydroxylation is 1. The number of halogens is 1. The van der Waals surface area contributed by atoms with Crippen LogP contribution in [0, 0.1) is 12.8 Å². The second-order valence-electron chi connectivity index (χ2n) is 6.88. The number of carbonyl (C=O) groups excluding carboxylic acids is 1. The zero-order chi connectivity index (χ0) is 19.4. The van der Waals surface area contributed by atoms with Gasteiger partial charge in [0, 0.05) is 23.8 Å². The van der Waals surface area contributed by atoms with Gasteiger partial charge in [-0.1, -0.05) is 41.9 Å². The highest BCUT2D eigenvalue weighted by atomic mass is 35.5. The van der Waals surface area contributed by atoms with E-state index in [1.54, 1.807) is 24.3 Å². The molecule has 1 atom stereocenters. The van der Waals surface area contributed by atoms with Gasteiger partial charge in [-0.25, -0.2) is 12.7 Å². The van der Waals surface area contributed by atoms with Gasteiger partial charge in [0.15, 0.2) is 0 Å². The summed E-state index contributed by atoms with van der Waals surface area (Å²) in [7, 11) is -3.49. The third-order valence-corrected chi connectivity index (χ3v) is 6.88. The number of hydrogen-bond acceptors (Lipinski definition) is 3. The van der Waals surface area contributed by atoms with Crippen molar-refractivity contribution >= 4 is 33.2 Å². The summed E-state index contributed by atoms with van der Waals surface area (Å²) in [6, 6.07) is 14.4. The second-order valence-corrected chi connectivity index (χ2v) is 9.29. The Morgan fingerprint density at radius 2 is 1.89 bits per heavy atom. The molecule has 5 nitrogen and oxygen atoms in total. The summed E-state index contributed by atoms with van der Waals surface area (Å²) in [5.74, 6) is -0.565. The molecule has 1 heterocycles. The van der Waals surface area contributed by atoms with Gasteiger partial charge in [-0.15, -0.1) is 0 Å². The standard InChI is InChI=1S/C20H23ClN2O3S/c1-15-5-2-3-7-19(15)22-20(24)17-6-4-12-23(13-17)27(25,26)14-16-8-10-18(21)11-9-16/h2-3,5,7-11,17H,4,6,12-14H2,1H3,(H,22,24)/t17-/m1/s1. The van der Waals surface area contributed by atoms with Gasteiger partial charge in [0.25, 0.3) is 0 Å². The molecule has 0 unspecified atom stereocenters. The predicted octanol–water partition coefficient (Wildman–Crippen LogP) is 3.83. The molecule has 2 aromatic rings. The average Bonchev–Trinajstić information content (AvgIpc) is 2.65. The molecule has 0 saturated carbocycles. The van der Waals surface area contributed by atoms with Crippen LogP contribution in [0.2, 0.25) is 5.02 Å². The fraction of sp³-hybridized carbons (Fsp3) is 0.350. The van der Waals surface area contributed by atoms with Crippen LogP contribution < -0.4 is 5.32 Å². The van der Waals surface area contributed by atoms with Crippen LogP contribution in [0.4, 0.5) is 5.69 Å². The van der Waals surface area contributed by atoms with E-state index >= 15 is 0 Å². The summed E-state index contributed by atoms with van der Waals surface area (Å²) in [5.41, 5.74) is 2.43. The number of benzene rings is 2. The number of anilines is 1. The number of nitrogens with zero attached hydrogens (tertiary/aromatic N) is 1. The molecule has 0 bridgehead atoms. The van der Waals surface area contributed by atoms with Gasteiger partial charge in [-0.2, -0.15) is 0 Å². The second kappa shape index (κ2) is 8.42. The summed E-state index contributed by atoms with van der Waals surface area (Å²) in [6.45, 7) is 2.59. The number of para-hydroxylation sites is 1. The summed E-state index contributed by atoms with van der Waals surface area (Å²) in [6.07, 6.45) is 1.36. The third-order valence-electron chi connectivity index (χ3n) is 4.81. The number of amides is 1. The summed E-state index contributed by atoms with van der Waals surface area (Å²) >= 11 is 5.86. The molecule has 3 rings (SSSR count). The van der Waals surface area contributed by atoms with Crippen LogP contribution in [0.3, 0.4) is 0 Å². The molecule has 1 N–H and O–H groups in total. The Labute approximate surface area is 165 Å². The van der Waals surface area contributed by atoms with Crippen LogP contribution >= 0.6 is 11.6 Å². The highest BCUT2D eigenvalue weighted by molar-refractivity contribution is 7.88. The lowest BCUT2D eigenvalue weighted by Crippen LogP contribution is -2.44. The van der Waals surface area contributed by atoms with Crippen molar-refractivity contribution in [2.75, 3.05) is 18.4 Å². The number of carbonyl (C=O) groups is 1. The topological polar surface area (TPSA) is 66.5 Å². The molecule has 2 aromatic carbocycles. The van der Waals surface area contributed by atoms with Crippen molar-refractivity contribution in [3.8, 4) is 0 Å². The number of piperidine rings is 1. The maximum atomic E-state index is 12.8. The van der Waals surface area contributed by atoms with Crippen molar-refractivity contribution < 1.29 is 13.2 Å². The molecule has 1 amide bonds. The number of rotatable bonds is 5. The Bertz CT molecular complexity index is 913. The van der Waals surface area contributed by atoms with Crippen molar-refractivity contribution in [2.45, 2.75) is 25.5 Å².